The summed E-state index contributed by atoms with van der Waals surface area (Å²) in [6, 6.07) is 4.04. The highest BCUT2D eigenvalue weighted by Crippen LogP contribution is 2.33. The fraction of sp³-hybridized carbons (Fsp3) is 0.632. The standard InChI is InChI=1S/C19H30N2O2S/c1-16(2)6-9-19(15-22)8-4-10-21(14-19)11-7-18(23)20-13-17-5-3-12-24-17/h3,5-6,12,22H,4,7-11,13-15H2,1-2H3,(H,20,23). The lowest BCUT2D eigenvalue weighted by atomic mass is 9.77. The molecule has 1 aromatic heterocycles. The molecular weight excluding hydrogens is 320 g/mol. The van der Waals surface area contributed by atoms with Crippen LogP contribution < -0.4 is 5.32 Å². The number of piperidine rings is 1. The van der Waals surface area contributed by atoms with E-state index in [2.05, 4.69) is 30.1 Å². The molecule has 0 bridgehead atoms. The van der Waals surface area contributed by atoms with Gasteiger partial charge in [0.1, 0.15) is 0 Å². The Morgan fingerprint density at radius 2 is 2.33 bits per heavy atom. The van der Waals surface area contributed by atoms with Crippen LogP contribution in [0, 0.1) is 5.41 Å². The lowest BCUT2D eigenvalue weighted by Crippen LogP contribution is -2.46. The quantitative estimate of drug-likeness (QED) is 0.708. The Morgan fingerprint density at radius 3 is 3.00 bits per heavy atom. The van der Waals surface area contributed by atoms with Crippen LogP contribution in [-0.4, -0.2) is 42.2 Å². The highest BCUT2D eigenvalue weighted by atomic mass is 32.1. The molecule has 2 N–H and O–H groups in total. The molecule has 1 saturated heterocycles. The van der Waals surface area contributed by atoms with Crippen molar-refractivity contribution in [2.75, 3.05) is 26.2 Å². The van der Waals surface area contributed by atoms with Gasteiger partial charge in [-0.15, -0.1) is 11.3 Å². The molecule has 1 aliphatic heterocycles. The lowest BCUT2D eigenvalue weighted by molar-refractivity contribution is -0.121. The Kier molecular flexibility index (Phi) is 7.46. The van der Waals surface area contributed by atoms with Gasteiger partial charge >= 0.3 is 0 Å². The van der Waals surface area contributed by atoms with Crippen LogP contribution in [-0.2, 0) is 11.3 Å². The monoisotopic (exact) mass is 350 g/mol. The first-order valence-corrected chi connectivity index (χ1v) is 9.67. The number of nitrogens with one attached hydrogen (secondary N) is 1. The lowest BCUT2D eigenvalue weighted by Gasteiger charge is -2.41. The second-order valence-electron chi connectivity index (χ2n) is 7.13. The van der Waals surface area contributed by atoms with E-state index in [9.17, 15) is 9.90 Å². The second kappa shape index (κ2) is 9.35. The molecule has 1 unspecified atom stereocenters. The second-order valence-corrected chi connectivity index (χ2v) is 8.16. The van der Waals surface area contributed by atoms with Gasteiger partial charge in [-0.2, -0.15) is 0 Å². The predicted molar refractivity (Wildman–Crippen MR) is 100 cm³/mol. The van der Waals surface area contributed by atoms with Crippen molar-refractivity contribution in [3.05, 3.63) is 34.0 Å². The van der Waals surface area contributed by atoms with Gasteiger partial charge in [0.05, 0.1) is 13.2 Å². The van der Waals surface area contributed by atoms with E-state index in [1.807, 2.05) is 17.5 Å². The van der Waals surface area contributed by atoms with Crippen molar-refractivity contribution in [3.8, 4) is 0 Å². The van der Waals surface area contributed by atoms with Crippen LogP contribution in [0.5, 0.6) is 0 Å². The third-order valence-electron chi connectivity index (χ3n) is 4.71. The molecule has 1 fully saturated rings. The van der Waals surface area contributed by atoms with Crippen molar-refractivity contribution in [1.29, 1.82) is 0 Å². The highest BCUT2D eigenvalue weighted by Gasteiger charge is 2.33. The Balaban J connectivity index is 1.77. The van der Waals surface area contributed by atoms with Crippen molar-refractivity contribution in [1.82, 2.24) is 10.2 Å². The summed E-state index contributed by atoms with van der Waals surface area (Å²) in [6.45, 7) is 7.72. The number of hydrogen-bond donors (Lipinski definition) is 2. The maximum absolute atomic E-state index is 12.0. The van der Waals surface area contributed by atoms with Crippen LogP contribution in [0.15, 0.2) is 29.2 Å². The molecule has 1 aromatic rings. The Labute approximate surface area is 149 Å². The van der Waals surface area contributed by atoms with E-state index in [0.717, 1.165) is 38.9 Å². The van der Waals surface area contributed by atoms with E-state index in [1.165, 1.54) is 10.5 Å². The largest absolute Gasteiger partial charge is 0.396 e. The van der Waals surface area contributed by atoms with E-state index in [0.29, 0.717) is 13.0 Å². The van der Waals surface area contributed by atoms with Crippen LogP contribution >= 0.6 is 11.3 Å². The molecule has 4 nitrogen and oxygen atoms in total. The third kappa shape index (κ3) is 6.04. The summed E-state index contributed by atoms with van der Waals surface area (Å²) in [7, 11) is 0. The summed E-state index contributed by atoms with van der Waals surface area (Å²) >= 11 is 1.66. The number of aliphatic hydroxyl groups excluding tert-OH is 1. The minimum absolute atomic E-state index is 0.0387. The van der Waals surface area contributed by atoms with Gasteiger partial charge < -0.3 is 15.3 Å². The predicted octanol–water partition coefficient (Wildman–Crippen LogP) is 3.19. The SMILES string of the molecule is CC(C)=CCC1(CO)CCCN(CCC(=O)NCc2cccs2)C1. The number of rotatable bonds is 8. The molecule has 134 valence electrons. The molecule has 1 atom stereocenters. The van der Waals surface area contributed by atoms with E-state index < -0.39 is 0 Å². The number of carbonyl (C=O) groups is 1. The first kappa shape index (κ1) is 19.2. The number of carbonyl (C=O) groups excluding carboxylic acids is 1. The van der Waals surface area contributed by atoms with Crippen molar-refractivity contribution >= 4 is 17.2 Å². The summed E-state index contributed by atoms with van der Waals surface area (Å²) in [6.07, 6.45) is 5.83. The van der Waals surface area contributed by atoms with Gasteiger partial charge in [0.2, 0.25) is 5.91 Å². The minimum Gasteiger partial charge on any atom is -0.396 e. The summed E-state index contributed by atoms with van der Waals surface area (Å²) in [5, 5.41) is 14.9. The summed E-state index contributed by atoms with van der Waals surface area (Å²) in [4.78, 5) is 15.6. The number of nitrogens with zero attached hydrogens (tertiary/aromatic N) is 1. The van der Waals surface area contributed by atoms with Gasteiger partial charge in [-0.3, -0.25) is 4.79 Å². The van der Waals surface area contributed by atoms with Gasteiger partial charge in [-0.1, -0.05) is 17.7 Å². The maximum atomic E-state index is 12.0. The van der Waals surface area contributed by atoms with Gasteiger partial charge in [0.15, 0.2) is 0 Å². The van der Waals surface area contributed by atoms with Crippen molar-refractivity contribution < 1.29 is 9.90 Å². The molecule has 24 heavy (non-hydrogen) atoms. The maximum Gasteiger partial charge on any atom is 0.221 e. The first-order chi connectivity index (χ1) is 11.5. The van der Waals surface area contributed by atoms with Crippen LogP contribution in [0.1, 0.15) is 44.4 Å². The summed E-state index contributed by atoms with van der Waals surface area (Å²) in [5.41, 5.74) is 1.26. The van der Waals surface area contributed by atoms with Gasteiger partial charge in [0, 0.05) is 29.8 Å². The number of allylic oxidation sites excluding steroid dienone is 2. The van der Waals surface area contributed by atoms with E-state index in [-0.39, 0.29) is 17.9 Å². The van der Waals surface area contributed by atoms with E-state index in [1.54, 1.807) is 11.3 Å². The molecule has 5 heteroatoms. The summed E-state index contributed by atoms with van der Waals surface area (Å²) in [5.74, 6) is 0.105. The number of likely N-dealkylation sites (tertiary alicyclic amines) is 1. The average Bonchev–Trinajstić information content (AvgIpc) is 3.10. The average molecular weight is 351 g/mol. The van der Waals surface area contributed by atoms with Crippen LogP contribution in [0.4, 0.5) is 0 Å². The Hall–Kier alpha value is -1.17. The topological polar surface area (TPSA) is 52.6 Å². The molecule has 0 radical (unpaired) electrons. The smallest absolute Gasteiger partial charge is 0.221 e. The number of aliphatic hydroxyl groups is 1. The molecule has 2 heterocycles. The summed E-state index contributed by atoms with van der Waals surface area (Å²) < 4.78 is 0. The molecule has 0 spiro atoms. The molecule has 0 saturated carbocycles. The van der Waals surface area contributed by atoms with E-state index in [4.69, 9.17) is 0 Å². The fourth-order valence-electron chi connectivity index (χ4n) is 3.23. The normalized spacial score (nSPS) is 21.5. The zero-order valence-electron chi connectivity index (χ0n) is 14.9. The highest BCUT2D eigenvalue weighted by molar-refractivity contribution is 7.09. The number of hydrogen-bond acceptors (Lipinski definition) is 4. The Bertz CT molecular complexity index is 538. The molecule has 2 rings (SSSR count). The zero-order valence-corrected chi connectivity index (χ0v) is 15.7. The van der Waals surface area contributed by atoms with Crippen LogP contribution in [0.25, 0.3) is 0 Å². The van der Waals surface area contributed by atoms with Crippen LogP contribution in [0.2, 0.25) is 0 Å². The number of amides is 1. The number of thiophene rings is 1. The molecule has 0 aromatic carbocycles. The fourth-order valence-corrected chi connectivity index (χ4v) is 3.87. The molecule has 0 aliphatic carbocycles. The minimum atomic E-state index is -0.0387. The van der Waals surface area contributed by atoms with Gasteiger partial charge in [-0.25, -0.2) is 0 Å². The van der Waals surface area contributed by atoms with Crippen molar-refractivity contribution in [2.45, 2.75) is 46.1 Å². The Morgan fingerprint density at radius 1 is 1.50 bits per heavy atom. The van der Waals surface area contributed by atoms with Crippen molar-refractivity contribution in [3.63, 3.8) is 0 Å². The first-order valence-electron chi connectivity index (χ1n) is 8.79. The molecular formula is C19H30N2O2S. The zero-order chi connectivity index (χ0) is 17.4. The van der Waals surface area contributed by atoms with Gasteiger partial charge in [0.25, 0.3) is 0 Å². The molecule has 1 amide bonds. The van der Waals surface area contributed by atoms with E-state index >= 15 is 0 Å². The van der Waals surface area contributed by atoms with Gasteiger partial charge in [-0.05, 0) is 51.1 Å². The molecule has 1 aliphatic rings. The van der Waals surface area contributed by atoms with Crippen molar-refractivity contribution in [2.24, 2.45) is 5.41 Å². The van der Waals surface area contributed by atoms with Crippen LogP contribution in [0.3, 0.4) is 0 Å². The third-order valence-corrected chi connectivity index (χ3v) is 5.59.